The molecule has 1 aromatic heterocycles. The van der Waals surface area contributed by atoms with E-state index < -0.39 is 0 Å². The van der Waals surface area contributed by atoms with Gasteiger partial charge in [-0.1, -0.05) is 13.8 Å². The molecule has 1 heterocycles. The highest BCUT2D eigenvalue weighted by Gasteiger charge is 2.02. The summed E-state index contributed by atoms with van der Waals surface area (Å²) in [5.74, 6) is 2.13. The molecule has 0 unspecified atom stereocenters. The Balaban J connectivity index is 2.55. The smallest absolute Gasteiger partial charge is 0.133 e. The average molecular weight is 194 g/mol. The number of nitrogens with two attached hydrogens (primary N) is 1. The van der Waals surface area contributed by atoms with Crippen LogP contribution >= 0.6 is 0 Å². The number of nitrogens with zero attached hydrogens (tertiary/aromatic N) is 2. The molecule has 0 saturated heterocycles. The van der Waals surface area contributed by atoms with Crippen LogP contribution in [0.1, 0.15) is 32.0 Å². The molecule has 0 spiro atoms. The number of anilines is 1. The van der Waals surface area contributed by atoms with Crippen molar-refractivity contribution in [3.8, 4) is 0 Å². The molecule has 0 atom stereocenters. The van der Waals surface area contributed by atoms with Gasteiger partial charge in [0.2, 0.25) is 0 Å². The van der Waals surface area contributed by atoms with Crippen molar-refractivity contribution in [1.82, 2.24) is 9.97 Å². The van der Waals surface area contributed by atoms with Crippen molar-refractivity contribution in [3.63, 3.8) is 0 Å². The quantitative estimate of drug-likeness (QED) is 0.695. The Morgan fingerprint density at radius 1 is 1.50 bits per heavy atom. The first kappa shape index (κ1) is 10.9. The van der Waals surface area contributed by atoms with E-state index >= 15 is 0 Å². The number of aromatic nitrogens is 2. The minimum atomic E-state index is 0.367. The van der Waals surface area contributed by atoms with Crippen LogP contribution < -0.4 is 11.1 Å². The maximum Gasteiger partial charge on any atom is 0.133 e. The van der Waals surface area contributed by atoms with Crippen molar-refractivity contribution >= 4 is 5.82 Å². The molecule has 0 radical (unpaired) electrons. The molecule has 3 N–H and O–H groups in total. The van der Waals surface area contributed by atoms with Crippen molar-refractivity contribution in [3.05, 3.63) is 18.1 Å². The van der Waals surface area contributed by atoms with Crippen LogP contribution in [-0.2, 0) is 0 Å². The molecule has 0 fully saturated rings. The van der Waals surface area contributed by atoms with E-state index in [1.165, 1.54) is 0 Å². The molecule has 4 nitrogen and oxygen atoms in total. The van der Waals surface area contributed by atoms with Crippen LogP contribution in [0.5, 0.6) is 0 Å². The van der Waals surface area contributed by atoms with Crippen LogP contribution in [0.4, 0.5) is 5.82 Å². The minimum absolute atomic E-state index is 0.367. The van der Waals surface area contributed by atoms with Crippen LogP contribution in [0.3, 0.4) is 0 Å². The van der Waals surface area contributed by atoms with Gasteiger partial charge in [0.25, 0.3) is 0 Å². The lowest BCUT2D eigenvalue weighted by Crippen LogP contribution is -2.10. The molecule has 14 heavy (non-hydrogen) atoms. The second-order valence-corrected chi connectivity index (χ2v) is 3.52. The summed E-state index contributed by atoms with van der Waals surface area (Å²) < 4.78 is 0. The molecular formula is C10H18N4. The van der Waals surface area contributed by atoms with Crippen LogP contribution in [0.2, 0.25) is 0 Å². The third kappa shape index (κ3) is 3.30. The summed E-state index contributed by atoms with van der Waals surface area (Å²) in [7, 11) is 0. The summed E-state index contributed by atoms with van der Waals surface area (Å²) in [5.41, 5.74) is 5.40. The highest BCUT2D eigenvalue weighted by molar-refractivity contribution is 5.33. The maximum atomic E-state index is 5.40. The largest absolute Gasteiger partial charge is 0.370 e. The molecule has 0 aliphatic heterocycles. The maximum absolute atomic E-state index is 5.40. The first-order valence-electron chi connectivity index (χ1n) is 5.01. The fraction of sp³-hybridized carbons (Fsp3) is 0.600. The lowest BCUT2D eigenvalue weighted by Gasteiger charge is -2.07. The van der Waals surface area contributed by atoms with Crippen LogP contribution in [-0.4, -0.2) is 23.1 Å². The van der Waals surface area contributed by atoms with Crippen molar-refractivity contribution in [2.24, 2.45) is 5.73 Å². The van der Waals surface area contributed by atoms with Gasteiger partial charge in [-0.25, -0.2) is 9.97 Å². The zero-order valence-electron chi connectivity index (χ0n) is 8.83. The predicted octanol–water partition coefficient (Wildman–Crippen LogP) is 1.36. The van der Waals surface area contributed by atoms with Gasteiger partial charge in [-0.2, -0.15) is 0 Å². The summed E-state index contributed by atoms with van der Waals surface area (Å²) in [6.07, 6.45) is 2.74. The summed E-state index contributed by atoms with van der Waals surface area (Å²) in [4.78, 5) is 8.57. The third-order valence-electron chi connectivity index (χ3n) is 1.88. The van der Waals surface area contributed by atoms with E-state index in [0.29, 0.717) is 12.5 Å². The van der Waals surface area contributed by atoms with E-state index in [1.54, 1.807) is 6.20 Å². The van der Waals surface area contributed by atoms with E-state index in [4.69, 9.17) is 5.73 Å². The fourth-order valence-electron chi connectivity index (χ4n) is 1.07. The fourth-order valence-corrected chi connectivity index (χ4v) is 1.07. The van der Waals surface area contributed by atoms with E-state index in [2.05, 4.69) is 29.1 Å². The van der Waals surface area contributed by atoms with Crippen LogP contribution in [0.15, 0.2) is 12.3 Å². The van der Waals surface area contributed by atoms with Gasteiger partial charge in [0, 0.05) is 18.7 Å². The zero-order valence-corrected chi connectivity index (χ0v) is 8.83. The van der Waals surface area contributed by atoms with Gasteiger partial charge in [-0.3, -0.25) is 0 Å². The number of nitrogens with one attached hydrogen (secondary N) is 1. The predicted molar refractivity (Wildman–Crippen MR) is 58.3 cm³/mol. The molecule has 0 aliphatic rings. The lowest BCUT2D eigenvalue weighted by molar-refractivity contribution is 0.772. The molecule has 0 saturated carbocycles. The standard InChI is InChI=1S/C10H18N4/c1-8(2)10-13-7-4-9(14-10)12-6-3-5-11/h4,7-8H,3,5-6,11H2,1-2H3,(H,12,13,14). The molecule has 4 heteroatoms. The first-order chi connectivity index (χ1) is 6.74. The van der Waals surface area contributed by atoms with Crippen molar-refractivity contribution in [2.45, 2.75) is 26.2 Å². The second-order valence-electron chi connectivity index (χ2n) is 3.52. The minimum Gasteiger partial charge on any atom is -0.370 e. The van der Waals surface area contributed by atoms with Gasteiger partial charge in [0.1, 0.15) is 11.6 Å². The van der Waals surface area contributed by atoms with Gasteiger partial charge < -0.3 is 11.1 Å². The Hall–Kier alpha value is -1.16. The molecule has 1 rings (SSSR count). The topological polar surface area (TPSA) is 63.8 Å². The second kappa shape index (κ2) is 5.54. The summed E-state index contributed by atoms with van der Waals surface area (Å²) in [6, 6.07) is 1.88. The molecule has 78 valence electrons. The van der Waals surface area contributed by atoms with E-state index in [-0.39, 0.29) is 0 Å². The number of rotatable bonds is 5. The van der Waals surface area contributed by atoms with Gasteiger partial charge in [0.15, 0.2) is 0 Å². The number of hydrogen-bond acceptors (Lipinski definition) is 4. The van der Waals surface area contributed by atoms with Crippen LogP contribution in [0.25, 0.3) is 0 Å². The molecule has 1 aromatic rings. The summed E-state index contributed by atoms with van der Waals surface area (Å²) in [6.45, 7) is 5.73. The zero-order chi connectivity index (χ0) is 10.4. The summed E-state index contributed by atoms with van der Waals surface area (Å²) in [5, 5.41) is 3.21. The average Bonchev–Trinajstić information content (AvgIpc) is 2.19. The van der Waals surface area contributed by atoms with Crippen molar-refractivity contribution < 1.29 is 0 Å². The lowest BCUT2D eigenvalue weighted by atomic mass is 10.2. The van der Waals surface area contributed by atoms with E-state index in [0.717, 1.165) is 24.6 Å². The SMILES string of the molecule is CC(C)c1nccc(NCCCN)n1. The Bertz CT molecular complexity index is 273. The summed E-state index contributed by atoms with van der Waals surface area (Å²) >= 11 is 0. The van der Waals surface area contributed by atoms with Crippen molar-refractivity contribution in [1.29, 1.82) is 0 Å². The van der Waals surface area contributed by atoms with Gasteiger partial charge in [-0.15, -0.1) is 0 Å². The van der Waals surface area contributed by atoms with Crippen molar-refractivity contribution in [2.75, 3.05) is 18.4 Å². The monoisotopic (exact) mass is 194 g/mol. The van der Waals surface area contributed by atoms with Gasteiger partial charge in [-0.05, 0) is 19.0 Å². The third-order valence-corrected chi connectivity index (χ3v) is 1.88. The Kier molecular flexibility index (Phi) is 4.32. The molecule has 0 aliphatic carbocycles. The molecular weight excluding hydrogens is 176 g/mol. The van der Waals surface area contributed by atoms with Crippen LogP contribution in [0, 0.1) is 0 Å². The molecule has 0 bridgehead atoms. The molecule has 0 amide bonds. The van der Waals surface area contributed by atoms with Gasteiger partial charge in [0.05, 0.1) is 0 Å². The Morgan fingerprint density at radius 2 is 2.29 bits per heavy atom. The highest BCUT2D eigenvalue weighted by atomic mass is 15.0. The Morgan fingerprint density at radius 3 is 2.93 bits per heavy atom. The normalized spacial score (nSPS) is 10.6. The van der Waals surface area contributed by atoms with E-state index in [9.17, 15) is 0 Å². The highest BCUT2D eigenvalue weighted by Crippen LogP contribution is 2.10. The first-order valence-corrected chi connectivity index (χ1v) is 5.01. The van der Waals surface area contributed by atoms with E-state index in [1.807, 2.05) is 6.07 Å². The number of hydrogen-bond donors (Lipinski definition) is 2. The Labute approximate surface area is 85.0 Å². The van der Waals surface area contributed by atoms with Gasteiger partial charge >= 0.3 is 0 Å². The molecule has 0 aromatic carbocycles.